The van der Waals surface area contributed by atoms with Gasteiger partial charge in [0, 0.05) is 16.6 Å². The van der Waals surface area contributed by atoms with Gasteiger partial charge >= 0.3 is 0 Å². The molecule has 3 rings (SSSR count). The van der Waals surface area contributed by atoms with Crippen molar-refractivity contribution >= 4 is 22.9 Å². The number of hydrogen-bond donors (Lipinski definition) is 1. The number of aromatic nitrogens is 1. The molecule has 2 aromatic carbocycles. The zero-order valence-electron chi connectivity index (χ0n) is 15.6. The van der Waals surface area contributed by atoms with E-state index in [1.165, 1.54) is 0 Å². The maximum Gasteiger partial charge on any atom is 0.253 e. The number of thiazole rings is 1. The number of hydrogen-bond acceptors (Lipinski definition) is 5. The molecule has 0 saturated carbocycles. The number of nitrogens with zero attached hydrogens (tertiary/aromatic N) is 1. The van der Waals surface area contributed by atoms with Crippen molar-refractivity contribution in [3.05, 3.63) is 64.5 Å². The van der Waals surface area contributed by atoms with Crippen LogP contribution in [0.4, 0.5) is 5.69 Å². The Bertz CT molecular complexity index is 906. The van der Waals surface area contributed by atoms with Crippen LogP contribution in [0.25, 0.3) is 11.3 Å². The van der Waals surface area contributed by atoms with Crippen LogP contribution >= 0.6 is 11.3 Å². The van der Waals surface area contributed by atoms with Crippen molar-refractivity contribution in [2.24, 2.45) is 0 Å². The van der Waals surface area contributed by atoms with Gasteiger partial charge in [-0.15, -0.1) is 11.3 Å². The summed E-state index contributed by atoms with van der Waals surface area (Å²) < 4.78 is 10.9. The molecule has 3 aromatic rings. The van der Waals surface area contributed by atoms with E-state index in [2.05, 4.69) is 10.3 Å². The predicted molar refractivity (Wildman–Crippen MR) is 108 cm³/mol. The Morgan fingerprint density at radius 2 is 2.00 bits per heavy atom. The van der Waals surface area contributed by atoms with Gasteiger partial charge < -0.3 is 14.8 Å². The highest BCUT2D eigenvalue weighted by Gasteiger charge is 2.14. The molecule has 1 aromatic heterocycles. The third-order valence-corrected chi connectivity index (χ3v) is 4.84. The molecule has 1 N–H and O–H groups in total. The molecular weight excluding hydrogens is 360 g/mol. The van der Waals surface area contributed by atoms with E-state index < -0.39 is 6.10 Å². The summed E-state index contributed by atoms with van der Waals surface area (Å²) in [6.07, 6.45) is -0.572. The van der Waals surface area contributed by atoms with Gasteiger partial charge in [0.15, 0.2) is 0 Å². The fourth-order valence-corrected chi connectivity index (χ4v) is 3.15. The molecule has 0 fully saturated rings. The van der Waals surface area contributed by atoms with Crippen LogP contribution in [-0.4, -0.2) is 24.1 Å². The second-order valence-electron chi connectivity index (χ2n) is 6.12. The summed E-state index contributed by atoms with van der Waals surface area (Å²) in [7, 11) is 1.62. The van der Waals surface area contributed by atoms with Crippen LogP contribution in [0.15, 0.2) is 53.9 Å². The van der Waals surface area contributed by atoms with Gasteiger partial charge in [-0.25, -0.2) is 4.98 Å². The van der Waals surface area contributed by atoms with Crippen molar-refractivity contribution in [2.75, 3.05) is 12.4 Å². The molecule has 1 heterocycles. The highest BCUT2D eigenvalue weighted by molar-refractivity contribution is 7.09. The summed E-state index contributed by atoms with van der Waals surface area (Å²) in [4.78, 5) is 16.8. The summed E-state index contributed by atoms with van der Waals surface area (Å²) in [5.74, 6) is 0.582. The molecule has 0 aliphatic rings. The van der Waals surface area contributed by atoms with Crippen molar-refractivity contribution in [2.45, 2.75) is 26.6 Å². The molecule has 0 aliphatic carbocycles. The second-order valence-corrected chi connectivity index (χ2v) is 7.19. The van der Waals surface area contributed by atoms with E-state index in [1.807, 2.05) is 60.8 Å². The van der Waals surface area contributed by atoms with Crippen LogP contribution in [-0.2, 0) is 16.1 Å². The second kappa shape index (κ2) is 8.79. The van der Waals surface area contributed by atoms with E-state index in [1.54, 1.807) is 25.4 Å². The minimum Gasteiger partial charge on any atom is -0.497 e. The molecule has 0 aliphatic heterocycles. The Balaban J connectivity index is 1.54. The van der Waals surface area contributed by atoms with Gasteiger partial charge in [-0.05, 0) is 43.7 Å². The first-order valence-corrected chi connectivity index (χ1v) is 9.51. The zero-order valence-corrected chi connectivity index (χ0v) is 16.4. The zero-order chi connectivity index (χ0) is 19.2. The topological polar surface area (TPSA) is 60.5 Å². The van der Waals surface area contributed by atoms with E-state index in [4.69, 9.17) is 9.47 Å². The monoisotopic (exact) mass is 382 g/mol. The summed E-state index contributed by atoms with van der Waals surface area (Å²) in [6.45, 7) is 4.06. The lowest BCUT2D eigenvalue weighted by Gasteiger charge is -2.14. The number of carbonyl (C=O) groups is 1. The average molecular weight is 382 g/mol. The molecular formula is C21H22N2O3S. The summed E-state index contributed by atoms with van der Waals surface area (Å²) in [6, 6.07) is 15.2. The largest absolute Gasteiger partial charge is 0.497 e. The van der Waals surface area contributed by atoms with Crippen LogP contribution < -0.4 is 10.1 Å². The van der Waals surface area contributed by atoms with Crippen LogP contribution in [0.1, 0.15) is 17.5 Å². The normalized spacial score (nSPS) is 11.8. The van der Waals surface area contributed by atoms with Crippen molar-refractivity contribution in [3.63, 3.8) is 0 Å². The van der Waals surface area contributed by atoms with Gasteiger partial charge in [-0.2, -0.15) is 0 Å². The van der Waals surface area contributed by atoms with Gasteiger partial charge in [0.1, 0.15) is 11.9 Å². The fourth-order valence-electron chi connectivity index (χ4n) is 2.52. The molecule has 0 radical (unpaired) electrons. The standard InChI is InChI=1S/C21H22N2O3S/c1-14(26-12-16-5-4-6-19(11-16)25-3)21(24)23-18-9-7-17(8-10-18)20-13-27-15(2)22-20/h4-11,13-14H,12H2,1-3H3,(H,23,24). The van der Waals surface area contributed by atoms with Gasteiger partial charge in [0.05, 0.1) is 24.4 Å². The number of aryl methyl sites for hydroxylation is 1. The van der Waals surface area contributed by atoms with Crippen LogP contribution in [0.2, 0.25) is 0 Å². The first-order valence-electron chi connectivity index (χ1n) is 8.63. The summed E-state index contributed by atoms with van der Waals surface area (Å²) in [5, 5.41) is 5.94. The first-order chi connectivity index (χ1) is 13.0. The number of anilines is 1. The minimum absolute atomic E-state index is 0.185. The van der Waals surface area contributed by atoms with E-state index in [0.29, 0.717) is 6.61 Å². The van der Waals surface area contributed by atoms with Gasteiger partial charge in [-0.1, -0.05) is 24.3 Å². The molecule has 1 atom stereocenters. The van der Waals surface area contributed by atoms with E-state index in [9.17, 15) is 4.79 Å². The number of methoxy groups -OCH3 is 1. The Hall–Kier alpha value is -2.70. The highest BCUT2D eigenvalue weighted by atomic mass is 32.1. The van der Waals surface area contributed by atoms with Gasteiger partial charge in [0.25, 0.3) is 5.91 Å². The van der Waals surface area contributed by atoms with E-state index in [0.717, 1.165) is 33.3 Å². The summed E-state index contributed by atoms with van der Waals surface area (Å²) >= 11 is 1.62. The predicted octanol–water partition coefficient (Wildman–Crippen LogP) is 4.67. The molecule has 0 bridgehead atoms. The molecule has 1 amide bonds. The third kappa shape index (κ3) is 5.15. The lowest BCUT2D eigenvalue weighted by atomic mass is 10.1. The van der Waals surface area contributed by atoms with E-state index in [-0.39, 0.29) is 5.91 Å². The Morgan fingerprint density at radius 3 is 2.67 bits per heavy atom. The molecule has 27 heavy (non-hydrogen) atoms. The van der Waals surface area contributed by atoms with E-state index >= 15 is 0 Å². The number of amides is 1. The lowest BCUT2D eigenvalue weighted by Crippen LogP contribution is -2.27. The first kappa shape index (κ1) is 19.1. The molecule has 5 nitrogen and oxygen atoms in total. The quantitative estimate of drug-likeness (QED) is 0.645. The highest BCUT2D eigenvalue weighted by Crippen LogP contribution is 2.23. The Morgan fingerprint density at radius 1 is 1.22 bits per heavy atom. The Labute approximate surface area is 163 Å². The van der Waals surface area contributed by atoms with Crippen LogP contribution in [0.3, 0.4) is 0 Å². The molecule has 0 saturated heterocycles. The van der Waals surface area contributed by atoms with Crippen molar-refractivity contribution in [1.82, 2.24) is 4.98 Å². The molecule has 140 valence electrons. The van der Waals surface area contributed by atoms with Gasteiger partial charge in [-0.3, -0.25) is 4.79 Å². The van der Waals surface area contributed by atoms with Crippen molar-refractivity contribution in [3.8, 4) is 17.0 Å². The minimum atomic E-state index is -0.572. The van der Waals surface area contributed by atoms with Crippen molar-refractivity contribution in [1.29, 1.82) is 0 Å². The lowest BCUT2D eigenvalue weighted by molar-refractivity contribution is -0.127. The smallest absolute Gasteiger partial charge is 0.253 e. The third-order valence-electron chi connectivity index (χ3n) is 4.07. The van der Waals surface area contributed by atoms with Crippen molar-refractivity contribution < 1.29 is 14.3 Å². The molecule has 0 spiro atoms. The number of ether oxygens (including phenoxy) is 2. The number of rotatable bonds is 7. The average Bonchev–Trinajstić information content (AvgIpc) is 3.13. The van der Waals surface area contributed by atoms with Gasteiger partial charge in [0.2, 0.25) is 0 Å². The number of nitrogens with one attached hydrogen (secondary N) is 1. The summed E-state index contributed by atoms with van der Waals surface area (Å²) in [5.41, 5.74) is 3.66. The fraction of sp³-hybridized carbons (Fsp3) is 0.238. The Kier molecular flexibility index (Phi) is 6.21. The molecule has 1 unspecified atom stereocenters. The van der Waals surface area contributed by atoms with Crippen LogP contribution in [0, 0.1) is 6.92 Å². The van der Waals surface area contributed by atoms with Crippen LogP contribution in [0.5, 0.6) is 5.75 Å². The maximum absolute atomic E-state index is 12.3. The molecule has 6 heteroatoms. The SMILES string of the molecule is COc1cccc(COC(C)C(=O)Nc2ccc(-c3csc(C)n3)cc2)c1. The number of carbonyl (C=O) groups excluding carboxylic acids is 1. The maximum atomic E-state index is 12.3. The number of benzene rings is 2.